The summed E-state index contributed by atoms with van der Waals surface area (Å²) in [5, 5.41) is 8.24. The molecule has 3 nitrogen and oxygen atoms in total. The summed E-state index contributed by atoms with van der Waals surface area (Å²) in [6, 6.07) is 0.433. The summed E-state index contributed by atoms with van der Waals surface area (Å²) in [6.07, 6.45) is 1.06. The molecule has 8 heavy (non-hydrogen) atoms. The zero-order valence-corrected chi connectivity index (χ0v) is 5.44. The van der Waals surface area contributed by atoms with E-state index in [1.165, 1.54) is 0 Å². The number of aliphatic hydroxyl groups excluding tert-OH is 1. The van der Waals surface area contributed by atoms with E-state index in [-0.39, 0.29) is 6.73 Å². The smallest absolute Gasteiger partial charge is 0.106 e. The lowest BCUT2D eigenvalue weighted by atomic mass is 10.3. The Kier molecular flexibility index (Phi) is 4.95. The molecule has 0 saturated heterocycles. The molecule has 0 saturated carbocycles. The Bertz CT molecular complexity index is 49.7. The lowest BCUT2D eigenvalue weighted by molar-refractivity contribution is 0.227. The van der Waals surface area contributed by atoms with E-state index >= 15 is 0 Å². The van der Waals surface area contributed by atoms with Gasteiger partial charge in [0.2, 0.25) is 0 Å². The van der Waals surface area contributed by atoms with Crippen LogP contribution in [0.25, 0.3) is 0 Å². The monoisotopic (exact) mass is 118 g/mol. The molecule has 0 spiro atoms. The maximum Gasteiger partial charge on any atom is 0.106 e. The van der Waals surface area contributed by atoms with E-state index in [0.717, 1.165) is 6.42 Å². The van der Waals surface area contributed by atoms with Crippen molar-refractivity contribution >= 4 is 0 Å². The van der Waals surface area contributed by atoms with Gasteiger partial charge in [-0.2, -0.15) is 0 Å². The Morgan fingerprint density at radius 2 is 2.25 bits per heavy atom. The van der Waals surface area contributed by atoms with Crippen LogP contribution in [0.4, 0.5) is 0 Å². The number of hydrogen-bond donors (Lipinski definition) is 3. The third-order valence-electron chi connectivity index (χ3n) is 1.04. The van der Waals surface area contributed by atoms with Gasteiger partial charge in [-0.25, -0.2) is 5.43 Å². The van der Waals surface area contributed by atoms with Crippen LogP contribution < -0.4 is 10.9 Å². The van der Waals surface area contributed by atoms with Gasteiger partial charge in [-0.1, -0.05) is 6.92 Å². The van der Waals surface area contributed by atoms with Crippen LogP contribution >= 0.6 is 0 Å². The third kappa shape index (κ3) is 4.05. The fraction of sp³-hybridized carbons (Fsp3) is 1.00. The van der Waals surface area contributed by atoms with Crippen LogP contribution in [-0.2, 0) is 0 Å². The van der Waals surface area contributed by atoms with Crippen LogP contribution in [0.5, 0.6) is 0 Å². The predicted molar refractivity (Wildman–Crippen MR) is 33.1 cm³/mol. The van der Waals surface area contributed by atoms with Gasteiger partial charge < -0.3 is 5.11 Å². The molecule has 0 aromatic carbocycles. The van der Waals surface area contributed by atoms with Crippen molar-refractivity contribution in [2.24, 2.45) is 0 Å². The normalized spacial score (nSPS) is 13.9. The van der Waals surface area contributed by atoms with Crippen molar-refractivity contribution in [3.8, 4) is 0 Å². The summed E-state index contributed by atoms with van der Waals surface area (Å²) >= 11 is 0. The van der Waals surface area contributed by atoms with E-state index in [2.05, 4.69) is 17.8 Å². The maximum atomic E-state index is 8.24. The minimum absolute atomic E-state index is 0.00958. The molecule has 0 fully saturated rings. The summed E-state index contributed by atoms with van der Waals surface area (Å²) in [5.41, 5.74) is 5.49. The number of hydrazine groups is 1. The van der Waals surface area contributed by atoms with Crippen molar-refractivity contribution in [2.45, 2.75) is 26.3 Å². The standard InChI is InChI=1S/C5H14N2O/c1-3-5(2)7-6-4-8/h5-8H,3-4H2,1-2H3. The molecule has 0 aliphatic heterocycles. The Morgan fingerprint density at radius 1 is 1.62 bits per heavy atom. The lowest BCUT2D eigenvalue weighted by Gasteiger charge is -2.09. The predicted octanol–water partition coefficient (Wildman–Crippen LogP) is -0.171. The Morgan fingerprint density at radius 3 is 2.62 bits per heavy atom. The number of hydrogen-bond acceptors (Lipinski definition) is 3. The van der Waals surface area contributed by atoms with E-state index < -0.39 is 0 Å². The van der Waals surface area contributed by atoms with Crippen LogP contribution in [0.3, 0.4) is 0 Å². The molecule has 0 bridgehead atoms. The molecule has 3 heteroatoms. The second kappa shape index (κ2) is 5.03. The SMILES string of the molecule is CCC(C)NNCO. The van der Waals surface area contributed by atoms with E-state index in [9.17, 15) is 0 Å². The molecule has 0 aromatic heterocycles. The number of aliphatic hydroxyl groups is 1. The molecular weight excluding hydrogens is 104 g/mol. The third-order valence-corrected chi connectivity index (χ3v) is 1.04. The minimum Gasteiger partial charge on any atom is -0.380 e. The van der Waals surface area contributed by atoms with Gasteiger partial charge in [0.05, 0.1) is 0 Å². The van der Waals surface area contributed by atoms with Gasteiger partial charge in [-0.15, -0.1) is 0 Å². The van der Waals surface area contributed by atoms with Gasteiger partial charge in [-0.05, 0) is 13.3 Å². The highest BCUT2D eigenvalue weighted by Gasteiger charge is 1.91. The van der Waals surface area contributed by atoms with Crippen molar-refractivity contribution in [3.05, 3.63) is 0 Å². The first-order valence-electron chi connectivity index (χ1n) is 2.90. The molecule has 0 aliphatic carbocycles. The fourth-order valence-electron chi connectivity index (χ4n) is 0.322. The first kappa shape index (κ1) is 7.88. The van der Waals surface area contributed by atoms with Crippen molar-refractivity contribution < 1.29 is 5.11 Å². The molecule has 0 radical (unpaired) electrons. The molecule has 1 unspecified atom stereocenters. The molecule has 0 amide bonds. The number of nitrogens with one attached hydrogen (secondary N) is 2. The van der Waals surface area contributed by atoms with Crippen LogP contribution in [0, 0.1) is 0 Å². The van der Waals surface area contributed by atoms with E-state index in [4.69, 9.17) is 5.11 Å². The highest BCUT2D eigenvalue weighted by atomic mass is 16.3. The van der Waals surface area contributed by atoms with Crippen molar-refractivity contribution in [3.63, 3.8) is 0 Å². The highest BCUT2D eigenvalue weighted by Crippen LogP contribution is 1.82. The van der Waals surface area contributed by atoms with Gasteiger partial charge in [0.25, 0.3) is 0 Å². The zero-order chi connectivity index (χ0) is 6.41. The summed E-state index contributed by atoms with van der Waals surface area (Å²) < 4.78 is 0. The minimum atomic E-state index is -0.00958. The second-order valence-electron chi connectivity index (χ2n) is 1.79. The van der Waals surface area contributed by atoms with Gasteiger partial charge in [-0.3, -0.25) is 5.43 Å². The largest absolute Gasteiger partial charge is 0.380 e. The van der Waals surface area contributed by atoms with Gasteiger partial charge in [0, 0.05) is 6.04 Å². The Labute approximate surface area is 50.1 Å². The van der Waals surface area contributed by atoms with Crippen LogP contribution in [0.1, 0.15) is 20.3 Å². The zero-order valence-electron chi connectivity index (χ0n) is 5.44. The highest BCUT2D eigenvalue weighted by molar-refractivity contribution is 4.50. The molecule has 0 aliphatic rings. The molecule has 50 valence electrons. The van der Waals surface area contributed by atoms with Gasteiger partial charge in [0.15, 0.2) is 0 Å². The second-order valence-corrected chi connectivity index (χ2v) is 1.79. The first-order chi connectivity index (χ1) is 3.81. The molecule has 0 rings (SSSR count). The Balaban J connectivity index is 2.86. The molecule has 3 N–H and O–H groups in total. The summed E-state index contributed by atoms with van der Waals surface area (Å²) in [5.74, 6) is 0. The Hall–Kier alpha value is -0.120. The first-order valence-corrected chi connectivity index (χ1v) is 2.90. The van der Waals surface area contributed by atoms with Crippen LogP contribution in [-0.4, -0.2) is 17.9 Å². The summed E-state index contributed by atoms with van der Waals surface area (Å²) in [7, 11) is 0. The summed E-state index contributed by atoms with van der Waals surface area (Å²) in [4.78, 5) is 0. The van der Waals surface area contributed by atoms with Crippen LogP contribution in [0.2, 0.25) is 0 Å². The molecule has 1 atom stereocenters. The molecule has 0 heterocycles. The van der Waals surface area contributed by atoms with Crippen molar-refractivity contribution in [1.29, 1.82) is 0 Å². The van der Waals surface area contributed by atoms with Gasteiger partial charge >= 0.3 is 0 Å². The van der Waals surface area contributed by atoms with Crippen LogP contribution in [0.15, 0.2) is 0 Å². The lowest BCUT2D eigenvalue weighted by Crippen LogP contribution is -2.39. The van der Waals surface area contributed by atoms with E-state index in [0.29, 0.717) is 6.04 Å². The van der Waals surface area contributed by atoms with E-state index in [1.807, 2.05) is 6.92 Å². The maximum absolute atomic E-state index is 8.24. The molecular formula is C5H14N2O. The topological polar surface area (TPSA) is 44.3 Å². The average molecular weight is 118 g/mol. The summed E-state index contributed by atoms with van der Waals surface area (Å²) in [6.45, 7) is 4.11. The number of rotatable bonds is 4. The van der Waals surface area contributed by atoms with Crippen molar-refractivity contribution in [1.82, 2.24) is 10.9 Å². The van der Waals surface area contributed by atoms with E-state index in [1.54, 1.807) is 0 Å². The molecule has 0 aromatic rings. The average Bonchev–Trinajstić information content (AvgIpc) is 1.83. The van der Waals surface area contributed by atoms with Crippen molar-refractivity contribution in [2.75, 3.05) is 6.73 Å². The quantitative estimate of drug-likeness (QED) is 0.355. The fourth-order valence-corrected chi connectivity index (χ4v) is 0.322. The van der Waals surface area contributed by atoms with Gasteiger partial charge in [0.1, 0.15) is 6.73 Å².